The number of thiophene rings is 1. The number of amides is 3. The van der Waals surface area contributed by atoms with Crippen LogP contribution < -0.4 is 10.1 Å². The fourth-order valence-corrected chi connectivity index (χ4v) is 5.05. The molecule has 0 saturated carbocycles. The fraction of sp³-hybridized carbons (Fsp3) is 0.520. The molecule has 1 aromatic carbocycles. The van der Waals surface area contributed by atoms with Gasteiger partial charge in [0, 0.05) is 42.7 Å². The van der Waals surface area contributed by atoms with E-state index in [-0.39, 0.29) is 30.6 Å². The lowest BCUT2D eigenvalue weighted by Crippen LogP contribution is -2.51. The van der Waals surface area contributed by atoms with Crippen molar-refractivity contribution in [3.05, 3.63) is 50.7 Å². The lowest BCUT2D eigenvalue weighted by molar-refractivity contribution is -0.135. The number of nitrogens with zero attached hydrogens (tertiary/aromatic N) is 2. The van der Waals surface area contributed by atoms with E-state index in [2.05, 4.69) is 16.8 Å². The second kappa shape index (κ2) is 12.4. The highest BCUT2D eigenvalue weighted by Gasteiger charge is 2.33. The lowest BCUT2D eigenvalue weighted by Gasteiger charge is -2.37. The Hall–Kier alpha value is -2.29. The largest absolute Gasteiger partial charge is 0.491 e. The van der Waals surface area contributed by atoms with Gasteiger partial charge in [0.1, 0.15) is 18.9 Å². The fourth-order valence-electron chi connectivity index (χ4n) is 4.00. The van der Waals surface area contributed by atoms with Crippen LogP contribution in [0.2, 0.25) is 5.02 Å². The molecular formula is C25H34ClN3O4S. The molecule has 1 atom stereocenters. The van der Waals surface area contributed by atoms with Crippen LogP contribution >= 0.6 is 22.9 Å². The highest BCUT2D eigenvalue weighted by atomic mass is 35.5. The monoisotopic (exact) mass is 507 g/mol. The SMILES string of the molecule is COCCCN(CC(=O)N1CCc2sccc2C1COc1ccc(Cl)c(C)c1)C(=O)NC(C)C. The predicted octanol–water partition coefficient (Wildman–Crippen LogP) is 4.67. The van der Waals surface area contributed by atoms with Gasteiger partial charge >= 0.3 is 6.03 Å². The summed E-state index contributed by atoms with van der Waals surface area (Å²) < 4.78 is 11.2. The maximum Gasteiger partial charge on any atom is 0.318 e. The van der Waals surface area contributed by atoms with Crippen LogP contribution in [0.15, 0.2) is 29.6 Å². The number of fused-ring (bicyclic) bond motifs is 1. The zero-order chi connectivity index (χ0) is 24.7. The van der Waals surface area contributed by atoms with Gasteiger partial charge in [-0.2, -0.15) is 0 Å². The van der Waals surface area contributed by atoms with Crippen molar-refractivity contribution in [2.24, 2.45) is 0 Å². The first-order valence-corrected chi connectivity index (χ1v) is 12.8. The Morgan fingerprint density at radius 3 is 2.82 bits per heavy atom. The van der Waals surface area contributed by atoms with Crippen LogP contribution in [0, 0.1) is 6.92 Å². The second-order valence-electron chi connectivity index (χ2n) is 8.75. The molecule has 9 heteroatoms. The number of nitrogens with one attached hydrogen (secondary N) is 1. The van der Waals surface area contributed by atoms with Crippen molar-refractivity contribution < 1.29 is 19.1 Å². The van der Waals surface area contributed by atoms with Crippen LogP contribution in [0.25, 0.3) is 0 Å². The molecule has 1 aliphatic heterocycles. The number of rotatable bonds is 10. The minimum atomic E-state index is -0.239. The molecule has 1 aliphatic rings. The maximum absolute atomic E-state index is 13.5. The third kappa shape index (κ3) is 6.87. The van der Waals surface area contributed by atoms with Gasteiger partial charge in [-0.3, -0.25) is 4.79 Å². The molecule has 0 aliphatic carbocycles. The molecule has 1 N–H and O–H groups in total. The minimum Gasteiger partial charge on any atom is -0.491 e. The quantitative estimate of drug-likeness (QED) is 0.474. The number of hydrogen-bond acceptors (Lipinski definition) is 5. The minimum absolute atomic E-state index is 0.0122. The summed E-state index contributed by atoms with van der Waals surface area (Å²) in [5.41, 5.74) is 2.06. The van der Waals surface area contributed by atoms with Crippen LogP contribution in [0.1, 0.15) is 42.3 Å². The zero-order valence-corrected chi connectivity index (χ0v) is 21.9. The molecule has 3 rings (SSSR count). The number of aryl methyl sites for hydroxylation is 1. The third-order valence-corrected chi connectivity index (χ3v) is 7.18. The Bertz CT molecular complexity index is 981. The number of urea groups is 1. The van der Waals surface area contributed by atoms with Crippen molar-refractivity contribution in [3.8, 4) is 5.75 Å². The first-order chi connectivity index (χ1) is 16.3. The standard InChI is InChI=1S/C25H34ClN3O4S/c1-17(2)27-25(31)28(10-5-12-32-4)15-24(30)29-11-8-23-20(9-13-34-23)22(29)16-33-19-6-7-21(26)18(3)14-19/h6-7,9,13-14,17,22H,5,8,10-12,15-16H2,1-4H3,(H,27,31). The van der Waals surface area contributed by atoms with Gasteiger partial charge in [0.2, 0.25) is 5.91 Å². The topological polar surface area (TPSA) is 71.1 Å². The Morgan fingerprint density at radius 1 is 1.32 bits per heavy atom. The first-order valence-electron chi connectivity index (χ1n) is 11.6. The molecule has 0 radical (unpaired) electrons. The summed E-state index contributed by atoms with van der Waals surface area (Å²) in [5, 5.41) is 5.65. The number of benzene rings is 1. The molecule has 0 bridgehead atoms. The number of carbonyl (C=O) groups excluding carboxylic acids is 2. The van der Waals surface area contributed by atoms with Gasteiger partial charge in [0.15, 0.2) is 0 Å². The predicted molar refractivity (Wildman–Crippen MR) is 136 cm³/mol. The van der Waals surface area contributed by atoms with Gasteiger partial charge in [-0.05, 0) is 74.4 Å². The van der Waals surface area contributed by atoms with Crippen LogP contribution in [0.4, 0.5) is 4.79 Å². The van der Waals surface area contributed by atoms with Crippen LogP contribution in [-0.4, -0.2) is 67.7 Å². The van der Waals surface area contributed by atoms with Crippen molar-refractivity contribution in [1.82, 2.24) is 15.1 Å². The Kier molecular flexibility index (Phi) is 9.62. The van der Waals surface area contributed by atoms with E-state index in [4.69, 9.17) is 21.1 Å². The Balaban J connectivity index is 1.75. The average molecular weight is 508 g/mol. The summed E-state index contributed by atoms with van der Waals surface area (Å²) in [6, 6.07) is 7.16. The highest BCUT2D eigenvalue weighted by molar-refractivity contribution is 7.10. The summed E-state index contributed by atoms with van der Waals surface area (Å²) in [6.07, 6.45) is 1.46. The molecule has 1 aromatic heterocycles. The Labute approximate surface area is 211 Å². The van der Waals surface area contributed by atoms with Gasteiger partial charge in [-0.1, -0.05) is 11.6 Å². The molecule has 2 aromatic rings. The summed E-state index contributed by atoms with van der Waals surface area (Å²) in [5.74, 6) is 0.628. The second-order valence-corrected chi connectivity index (χ2v) is 10.2. The lowest BCUT2D eigenvalue weighted by atomic mass is 10.0. The summed E-state index contributed by atoms with van der Waals surface area (Å²) in [6.45, 7) is 7.65. The summed E-state index contributed by atoms with van der Waals surface area (Å²) in [4.78, 5) is 30.9. The van der Waals surface area contributed by atoms with Crippen molar-refractivity contribution in [1.29, 1.82) is 0 Å². The number of carbonyl (C=O) groups is 2. The van der Waals surface area contributed by atoms with E-state index in [0.29, 0.717) is 43.5 Å². The number of methoxy groups -OCH3 is 1. The van der Waals surface area contributed by atoms with E-state index in [0.717, 1.165) is 17.5 Å². The smallest absolute Gasteiger partial charge is 0.318 e. The highest BCUT2D eigenvalue weighted by Crippen LogP contribution is 2.34. The Morgan fingerprint density at radius 2 is 2.12 bits per heavy atom. The molecule has 2 heterocycles. The van der Waals surface area contributed by atoms with Crippen molar-refractivity contribution >= 4 is 34.9 Å². The summed E-state index contributed by atoms with van der Waals surface area (Å²) >= 11 is 7.85. The molecule has 186 valence electrons. The number of ether oxygens (including phenoxy) is 2. The number of halogens is 1. The average Bonchev–Trinajstić information content (AvgIpc) is 3.27. The van der Waals surface area contributed by atoms with Gasteiger partial charge in [0.25, 0.3) is 0 Å². The molecule has 1 unspecified atom stereocenters. The molecule has 0 saturated heterocycles. The summed E-state index contributed by atoms with van der Waals surface area (Å²) in [7, 11) is 1.63. The van der Waals surface area contributed by atoms with E-state index in [1.54, 1.807) is 23.3 Å². The normalized spacial score (nSPS) is 15.2. The molecule has 0 spiro atoms. The van der Waals surface area contributed by atoms with Crippen LogP contribution in [0.3, 0.4) is 0 Å². The third-order valence-electron chi connectivity index (χ3n) is 5.75. The first kappa shape index (κ1) is 26.3. The van der Waals surface area contributed by atoms with E-state index >= 15 is 0 Å². The molecular weight excluding hydrogens is 474 g/mol. The van der Waals surface area contributed by atoms with Crippen molar-refractivity contribution in [2.75, 3.05) is 40.0 Å². The van der Waals surface area contributed by atoms with Gasteiger partial charge in [-0.25, -0.2) is 4.79 Å². The zero-order valence-electron chi connectivity index (χ0n) is 20.3. The van der Waals surface area contributed by atoms with E-state index in [1.807, 2.05) is 43.9 Å². The molecule has 3 amide bonds. The van der Waals surface area contributed by atoms with Crippen LogP contribution in [-0.2, 0) is 16.0 Å². The van der Waals surface area contributed by atoms with Crippen molar-refractivity contribution in [3.63, 3.8) is 0 Å². The maximum atomic E-state index is 13.5. The molecule has 7 nitrogen and oxygen atoms in total. The van der Waals surface area contributed by atoms with Crippen molar-refractivity contribution in [2.45, 2.75) is 45.7 Å². The van der Waals surface area contributed by atoms with E-state index < -0.39 is 0 Å². The van der Waals surface area contributed by atoms with Crippen LogP contribution in [0.5, 0.6) is 5.75 Å². The van der Waals surface area contributed by atoms with Gasteiger partial charge in [-0.15, -0.1) is 11.3 Å². The van der Waals surface area contributed by atoms with E-state index in [9.17, 15) is 9.59 Å². The number of hydrogen-bond donors (Lipinski definition) is 1. The molecule has 34 heavy (non-hydrogen) atoms. The molecule has 0 fully saturated rings. The van der Waals surface area contributed by atoms with Gasteiger partial charge in [0.05, 0.1) is 6.04 Å². The van der Waals surface area contributed by atoms with E-state index in [1.165, 1.54) is 4.88 Å². The van der Waals surface area contributed by atoms with Gasteiger partial charge < -0.3 is 24.6 Å².